The van der Waals surface area contributed by atoms with Crippen molar-refractivity contribution in [3.63, 3.8) is 0 Å². The lowest BCUT2D eigenvalue weighted by Crippen LogP contribution is -2.26. The van der Waals surface area contributed by atoms with E-state index < -0.39 is 0 Å². The van der Waals surface area contributed by atoms with Gasteiger partial charge in [-0.25, -0.2) is 4.98 Å². The van der Waals surface area contributed by atoms with Crippen molar-refractivity contribution in [2.24, 2.45) is 5.73 Å². The number of hydrogen-bond donors (Lipinski definition) is 1. The summed E-state index contributed by atoms with van der Waals surface area (Å²) < 4.78 is 7.58. The van der Waals surface area contributed by atoms with Crippen LogP contribution < -0.4 is 5.73 Å². The zero-order valence-electron chi connectivity index (χ0n) is 11.2. The predicted octanol–water partition coefficient (Wildman–Crippen LogP) is 1.52. The molecule has 102 valence electrons. The summed E-state index contributed by atoms with van der Waals surface area (Å²) in [5, 5.41) is 4.22. The van der Waals surface area contributed by atoms with Crippen molar-refractivity contribution >= 4 is 0 Å². The van der Waals surface area contributed by atoms with Gasteiger partial charge in [-0.2, -0.15) is 5.10 Å². The molecule has 0 aliphatic carbocycles. The standard InChI is InChI=1S/C13H24N4O/c1-2-7-17-13(15-10-16-17)9-11(14)5-6-12-4-3-8-18-12/h10-12H,2-9,14H2,1H3. The Morgan fingerprint density at radius 3 is 3.22 bits per heavy atom. The van der Waals surface area contributed by atoms with Crippen molar-refractivity contribution < 1.29 is 4.74 Å². The van der Waals surface area contributed by atoms with Crippen LogP contribution in [0.3, 0.4) is 0 Å². The number of rotatable bonds is 7. The van der Waals surface area contributed by atoms with Crippen molar-refractivity contribution in [2.75, 3.05) is 6.61 Å². The van der Waals surface area contributed by atoms with Crippen molar-refractivity contribution in [2.45, 2.75) is 64.1 Å². The lowest BCUT2D eigenvalue weighted by Gasteiger charge is -2.14. The van der Waals surface area contributed by atoms with Crippen LogP contribution in [0.15, 0.2) is 6.33 Å². The third-order valence-electron chi connectivity index (χ3n) is 3.46. The molecular weight excluding hydrogens is 228 g/mol. The topological polar surface area (TPSA) is 66.0 Å². The van der Waals surface area contributed by atoms with Gasteiger partial charge in [0.25, 0.3) is 0 Å². The molecular formula is C13H24N4O. The van der Waals surface area contributed by atoms with E-state index in [1.54, 1.807) is 6.33 Å². The fourth-order valence-electron chi connectivity index (χ4n) is 2.45. The second kappa shape index (κ2) is 6.85. The third kappa shape index (κ3) is 3.78. The van der Waals surface area contributed by atoms with Gasteiger partial charge in [0, 0.05) is 25.6 Å². The Balaban J connectivity index is 1.75. The molecule has 2 heterocycles. The highest BCUT2D eigenvalue weighted by Crippen LogP contribution is 2.18. The highest BCUT2D eigenvalue weighted by atomic mass is 16.5. The summed E-state index contributed by atoms with van der Waals surface area (Å²) in [6.45, 7) is 3.99. The molecule has 1 aliphatic heterocycles. The van der Waals surface area contributed by atoms with Gasteiger partial charge in [-0.15, -0.1) is 0 Å². The van der Waals surface area contributed by atoms with Crippen LogP contribution in [-0.2, 0) is 17.7 Å². The fourth-order valence-corrected chi connectivity index (χ4v) is 2.45. The van der Waals surface area contributed by atoms with E-state index >= 15 is 0 Å². The molecule has 1 saturated heterocycles. The van der Waals surface area contributed by atoms with Gasteiger partial charge < -0.3 is 10.5 Å². The molecule has 0 saturated carbocycles. The van der Waals surface area contributed by atoms with E-state index in [0.29, 0.717) is 6.10 Å². The maximum atomic E-state index is 6.17. The molecule has 2 N–H and O–H groups in total. The minimum absolute atomic E-state index is 0.161. The van der Waals surface area contributed by atoms with Gasteiger partial charge in [-0.3, -0.25) is 4.68 Å². The minimum atomic E-state index is 0.161. The van der Waals surface area contributed by atoms with Gasteiger partial charge in [-0.1, -0.05) is 6.92 Å². The Hall–Kier alpha value is -0.940. The van der Waals surface area contributed by atoms with Crippen LogP contribution in [0.25, 0.3) is 0 Å². The molecule has 0 bridgehead atoms. The van der Waals surface area contributed by atoms with Gasteiger partial charge in [0.1, 0.15) is 12.2 Å². The number of aromatic nitrogens is 3. The van der Waals surface area contributed by atoms with Crippen LogP contribution in [0.1, 0.15) is 44.9 Å². The smallest absolute Gasteiger partial charge is 0.138 e. The van der Waals surface area contributed by atoms with Gasteiger partial charge in [0.2, 0.25) is 0 Å². The minimum Gasteiger partial charge on any atom is -0.378 e. The first-order valence-electron chi connectivity index (χ1n) is 7.03. The van der Waals surface area contributed by atoms with E-state index in [-0.39, 0.29) is 6.04 Å². The average molecular weight is 252 g/mol. The van der Waals surface area contributed by atoms with Crippen molar-refractivity contribution in [1.82, 2.24) is 14.8 Å². The summed E-state index contributed by atoms with van der Waals surface area (Å²) in [5.41, 5.74) is 6.17. The van der Waals surface area contributed by atoms with Crippen LogP contribution in [-0.4, -0.2) is 33.5 Å². The molecule has 5 heteroatoms. The largest absolute Gasteiger partial charge is 0.378 e. The maximum Gasteiger partial charge on any atom is 0.138 e. The van der Waals surface area contributed by atoms with Crippen LogP contribution >= 0.6 is 0 Å². The molecule has 0 aromatic carbocycles. The Morgan fingerprint density at radius 1 is 1.61 bits per heavy atom. The second-order valence-electron chi connectivity index (χ2n) is 5.08. The highest BCUT2D eigenvalue weighted by Gasteiger charge is 2.17. The molecule has 2 atom stereocenters. The SMILES string of the molecule is CCCn1ncnc1CC(N)CCC1CCCO1. The first-order chi connectivity index (χ1) is 8.79. The number of ether oxygens (including phenoxy) is 1. The quantitative estimate of drug-likeness (QED) is 0.799. The predicted molar refractivity (Wildman–Crippen MR) is 70.2 cm³/mol. The molecule has 0 amide bonds. The summed E-state index contributed by atoms with van der Waals surface area (Å²) in [4.78, 5) is 4.30. The first kappa shape index (κ1) is 13.5. The monoisotopic (exact) mass is 252 g/mol. The van der Waals surface area contributed by atoms with Crippen LogP contribution in [0.4, 0.5) is 0 Å². The molecule has 1 fully saturated rings. The summed E-state index contributed by atoms with van der Waals surface area (Å²) in [7, 11) is 0. The molecule has 1 aliphatic rings. The molecule has 0 radical (unpaired) electrons. The van der Waals surface area contributed by atoms with Gasteiger partial charge in [0.15, 0.2) is 0 Å². The van der Waals surface area contributed by atoms with Crippen molar-refractivity contribution in [3.05, 3.63) is 12.2 Å². The van der Waals surface area contributed by atoms with E-state index in [1.165, 1.54) is 12.8 Å². The molecule has 1 aromatic rings. The van der Waals surface area contributed by atoms with Crippen LogP contribution in [0, 0.1) is 0 Å². The molecule has 1 aromatic heterocycles. The van der Waals surface area contributed by atoms with E-state index in [1.807, 2.05) is 4.68 Å². The number of aryl methyl sites for hydroxylation is 1. The Kier molecular flexibility index (Phi) is 5.13. The summed E-state index contributed by atoms with van der Waals surface area (Å²) in [6, 6.07) is 0.161. The maximum absolute atomic E-state index is 6.17. The van der Waals surface area contributed by atoms with Crippen molar-refractivity contribution in [3.8, 4) is 0 Å². The summed E-state index contributed by atoms with van der Waals surface area (Å²) in [6.07, 6.45) is 8.41. The average Bonchev–Trinajstić information content (AvgIpc) is 2.99. The van der Waals surface area contributed by atoms with E-state index in [4.69, 9.17) is 10.5 Å². The molecule has 2 rings (SSSR count). The summed E-state index contributed by atoms with van der Waals surface area (Å²) >= 11 is 0. The fraction of sp³-hybridized carbons (Fsp3) is 0.846. The Labute approximate surface area is 109 Å². The van der Waals surface area contributed by atoms with E-state index in [9.17, 15) is 0 Å². The normalized spacial score (nSPS) is 21.3. The lowest BCUT2D eigenvalue weighted by molar-refractivity contribution is 0.101. The molecule has 5 nitrogen and oxygen atoms in total. The highest BCUT2D eigenvalue weighted by molar-refractivity contribution is 4.89. The third-order valence-corrected chi connectivity index (χ3v) is 3.46. The number of nitrogens with two attached hydrogens (primary N) is 1. The van der Waals surface area contributed by atoms with E-state index in [2.05, 4.69) is 17.0 Å². The summed E-state index contributed by atoms with van der Waals surface area (Å²) in [5.74, 6) is 1.01. The Bertz CT molecular complexity index is 347. The lowest BCUT2D eigenvalue weighted by atomic mass is 10.0. The molecule has 0 spiro atoms. The van der Waals surface area contributed by atoms with E-state index in [0.717, 1.165) is 44.7 Å². The van der Waals surface area contributed by atoms with Crippen LogP contribution in [0.5, 0.6) is 0 Å². The van der Waals surface area contributed by atoms with Gasteiger partial charge in [0.05, 0.1) is 6.10 Å². The van der Waals surface area contributed by atoms with Gasteiger partial charge in [-0.05, 0) is 32.1 Å². The zero-order valence-corrected chi connectivity index (χ0v) is 11.2. The van der Waals surface area contributed by atoms with Gasteiger partial charge >= 0.3 is 0 Å². The number of nitrogens with zero attached hydrogens (tertiary/aromatic N) is 3. The second-order valence-corrected chi connectivity index (χ2v) is 5.08. The Morgan fingerprint density at radius 2 is 2.50 bits per heavy atom. The van der Waals surface area contributed by atoms with Crippen LogP contribution in [0.2, 0.25) is 0 Å². The van der Waals surface area contributed by atoms with Crippen molar-refractivity contribution in [1.29, 1.82) is 0 Å². The first-order valence-corrected chi connectivity index (χ1v) is 7.03. The molecule has 2 unspecified atom stereocenters. The number of hydrogen-bond acceptors (Lipinski definition) is 4. The zero-order chi connectivity index (χ0) is 12.8. The molecule has 18 heavy (non-hydrogen) atoms.